The Morgan fingerprint density at radius 2 is 1.67 bits per heavy atom. The molecule has 0 aliphatic heterocycles. The fourth-order valence-corrected chi connectivity index (χ4v) is 3.86. The summed E-state index contributed by atoms with van der Waals surface area (Å²) in [5.74, 6) is -1.40. The molecule has 2 amide bonds. The second-order valence-corrected chi connectivity index (χ2v) is 7.32. The molecule has 3 N–H and O–H groups in total. The van der Waals surface area contributed by atoms with E-state index in [1.807, 2.05) is 0 Å². The third kappa shape index (κ3) is 3.89. The van der Waals surface area contributed by atoms with Crippen LogP contribution in [0.1, 0.15) is 0 Å². The van der Waals surface area contributed by atoms with E-state index in [0.717, 1.165) is 12.2 Å². The van der Waals surface area contributed by atoms with Gasteiger partial charge in [-0.25, -0.2) is 17.9 Å². The van der Waals surface area contributed by atoms with Crippen LogP contribution in [0.15, 0.2) is 77.8 Å². The molecule has 0 aliphatic rings. The Morgan fingerprint density at radius 3 is 2.37 bits per heavy atom. The molecule has 138 valence electrons. The summed E-state index contributed by atoms with van der Waals surface area (Å²) >= 11 is 0. The Bertz CT molecular complexity index is 1130. The molecule has 0 saturated heterocycles. The largest absolute Gasteiger partial charge is 0.322 e. The van der Waals surface area contributed by atoms with Crippen LogP contribution < -0.4 is 10.8 Å². The quantitative estimate of drug-likeness (QED) is 0.352. The van der Waals surface area contributed by atoms with Gasteiger partial charge in [0.25, 0.3) is 15.9 Å². The molecule has 2 aromatic carbocycles. The first kappa shape index (κ1) is 18.4. The van der Waals surface area contributed by atoms with Gasteiger partial charge < -0.3 is 5.32 Å². The molecule has 1 heterocycles. The Hall–Kier alpha value is -3.43. The summed E-state index contributed by atoms with van der Waals surface area (Å²) in [5, 5.41) is 11.5. The second kappa shape index (κ2) is 7.44. The SMILES string of the molecule is O=C(C=CC(=O)Nc1ccc2c(ccn2S(=O)(=O)c2ccccc2)c1)NO. The van der Waals surface area contributed by atoms with Gasteiger partial charge in [0, 0.05) is 29.4 Å². The summed E-state index contributed by atoms with van der Waals surface area (Å²) in [5.41, 5.74) is 2.27. The van der Waals surface area contributed by atoms with Crippen LogP contribution in [0.5, 0.6) is 0 Å². The first-order chi connectivity index (χ1) is 12.9. The minimum Gasteiger partial charge on any atom is -0.322 e. The summed E-state index contributed by atoms with van der Waals surface area (Å²) in [4.78, 5) is 22.8. The van der Waals surface area contributed by atoms with Crippen LogP contribution in [0.4, 0.5) is 5.69 Å². The van der Waals surface area contributed by atoms with E-state index in [0.29, 0.717) is 16.6 Å². The lowest BCUT2D eigenvalue weighted by atomic mass is 10.2. The molecule has 0 atom stereocenters. The van der Waals surface area contributed by atoms with E-state index in [1.165, 1.54) is 27.8 Å². The minimum atomic E-state index is -3.73. The van der Waals surface area contributed by atoms with Crippen LogP contribution in [-0.4, -0.2) is 29.4 Å². The van der Waals surface area contributed by atoms with E-state index in [2.05, 4.69) is 5.32 Å². The summed E-state index contributed by atoms with van der Waals surface area (Å²) < 4.78 is 26.7. The molecule has 8 nitrogen and oxygen atoms in total. The zero-order chi connectivity index (χ0) is 19.4. The van der Waals surface area contributed by atoms with Crippen LogP contribution in [-0.2, 0) is 19.6 Å². The predicted molar refractivity (Wildman–Crippen MR) is 98.7 cm³/mol. The van der Waals surface area contributed by atoms with Crippen molar-refractivity contribution in [2.75, 3.05) is 5.32 Å². The van der Waals surface area contributed by atoms with E-state index >= 15 is 0 Å². The van der Waals surface area contributed by atoms with Gasteiger partial charge in [-0.05, 0) is 36.4 Å². The van der Waals surface area contributed by atoms with Crippen molar-refractivity contribution in [3.63, 3.8) is 0 Å². The topological polar surface area (TPSA) is 118 Å². The number of hydrogen-bond donors (Lipinski definition) is 3. The number of amides is 2. The van der Waals surface area contributed by atoms with Gasteiger partial charge in [-0.3, -0.25) is 14.8 Å². The maximum atomic E-state index is 12.8. The van der Waals surface area contributed by atoms with Crippen LogP contribution in [0.2, 0.25) is 0 Å². The highest BCUT2D eigenvalue weighted by Crippen LogP contribution is 2.24. The second-order valence-electron chi connectivity index (χ2n) is 5.50. The first-order valence-electron chi connectivity index (χ1n) is 7.77. The van der Waals surface area contributed by atoms with Gasteiger partial charge in [-0.15, -0.1) is 0 Å². The standard InChI is InChI=1S/C18H15N3O5S/c22-17(8-9-18(23)20-24)19-14-6-7-16-13(12-14)10-11-21(16)27(25,26)15-4-2-1-3-5-15/h1-12,24H,(H,19,22)(H,20,23). The molecule has 0 fully saturated rings. The summed E-state index contributed by atoms with van der Waals surface area (Å²) in [6.07, 6.45) is 3.28. The highest BCUT2D eigenvalue weighted by Gasteiger charge is 2.18. The number of hydroxylamine groups is 1. The number of nitrogens with zero attached hydrogens (tertiary/aromatic N) is 1. The van der Waals surface area contributed by atoms with Gasteiger partial charge in [0.15, 0.2) is 0 Å². The maximum absolute atomic E-state index is 12.8. The lowest BCUT2D eigenvalue weighted by Crippen LogP contribution is -2.16. The third-order valence-corrected chi connectivity index (χ3v) is 5.42. The van der Waals surface area contributed by atoms with Crippen LogP contribution in [0.25, 0.3) is 10.9 Å². The van der Waals surface area contributed by atoms with E-state index in [-0.39, 0.29) is 4.90 Å². The molecule has 0 saturated carbocycles. The highest BCUT2D eigenvalue weighted by molar-refractivity contribution is 7.90. The van der Waals surface area contributed by atoms with E-state index in [9.17, 15) is 18.0 Å². The molecular formula is C18H15N3O5S. The molecule has 0 radical (unpaired) electrons. The fourth-order valence-electron chi connectivity index (χ4n) is 2.48. The number of benzene rings is 2. The molecule has 27 heavy (non-hydrogen) atoms. The van der Waals surface area contributed by atoms with Crippen molar-refractivity contribution in [2.24, 2.45) is 0 Å². The molecule has 0 bridgehead atoms. The monoisotopic (exact) mass is 385 g/mol. The molecule has 1 aromatic heterocycles. The zero-order valence-electron chi connectivity index (χ0n) is 13.9. The normalized spacial score (nSPS) is 11.6. The fraction of sp³-hybridized carbons (Fsp3) is 0. The number of carbonyl (C=O) groups excluding carboxylic acids is 2. The van der Waals surface area contributed by atoms with Crippen LogP contribution >= 0.6 is 0 Å². The van der Waals surface area contributed by atoms with E-state index in [1.54, 1.807) is 42.5 Å². The van der Waals surface area contributed by atoms with Gasteiger partial charge in [-0.2, -0.15) is 0 Å². The average molecular weight is 385 g/mol. The Morgan fingerprint density at radius 1 is 0.963 bits per heavy atom. The van der Waals surface area contributed by atoms with Crippen molar-refractivity contribution >= 4 is 38.4 Å². The predicted octanol–water partition coefficient (Wildman–Crippen LogP) is 1.88. The third-order valence-electron chi connectivity index (χ3n) is 3.72. The summed E-state index contributed by atoms with van der Waals surface area (Å²) in [7, 11) is -3.73. The first-order valence-corrected chi connectivity index (χ1v) is 9.21. The lowest BCUT2D eigenvalue weighted by Gasteiger charge is -2.08. The minimum absolute atomic E-state index is 0.173. The van der Waals surface area contributed by atoms with Crippen LogP contribution in [0, 0.1) is 0 Å². The molecule has 0 unspecified atom stereocenters. The number of anilines is 1. The number of hydrogen-bond acceptors (Lipinski definition) is 5. The van der Waals surface area contributed by atoms with Crippen molar-refractivity contribution in [2.45, 2.75) is 4.90 Å². The molecule has 3 aromatic rings. The Labute approximate surface area is 154 Å². The number of fused-ring (bicyclic) bond motifs is 1. The summed E-state index contributed by atoms with van der Waals surface area (Å²) in [6, 6.07) is 14.4. The summed E-state index contributed by atoms with van der Waals surface area (Å²) in [6.45, 7) is 0. The number of nitrogens with one attached hydrogen (secondary N) is 2. The van der Waals surface area contributed by atoms with Crippen molar-refractivity contribution in [3.8, 4) is 0 Å². The van der Waals surface area contributed by atoms with Crippen LogP contribution in [0.3, 0.4) is 0 Å². The number of rotatable bonds is 5. The maximum Gasteiger partial charge on any atom is 0.268 e. The van der Waals surface area contributed by atoms with E-state index in [4.69, 9.17) is 5.21 Å². The van der Waals surface area contributed by atoms with Crippen molar-refractivity contribution in [1.29, 1.82) is 0 Å². The highest BCUT2D eigenvalue weighted by atomic mass is 32.2. The van der Waals surface area contributed by atoms with Crippen molar-refractivity contribution < 1.29 is 23.2 Å². The lowest BCUT2D eigenvalue weighted by molar-refractivity contribution is -0.124. The Kier molecular flexibility index (Phi) is 5.06. The van der Waals surface area contributed by atoms with Gasteiger partial charge in [0.2, 0.25) is 5.91 Å². The van der Waals surface area contributed by atoms with Gasteiger partial charge in [0.1, 0.15) is 0 Å². The van der Waals surface area contributed by atoms with Gasteiger partial charge in [0.05, 0.1) is 10.4 Å². The Balaban J connectivity index is 1.88. The smallest absolute Gasteiger partial charge is 0.268 e. The van der Waals surface area contributed by atoms with Gasteiger partial charge >= 0.3 is 0 Å². The molecule has 3 rings (SSSR count). The zero-order valence-corrected chi connectivity index (χ0v) is 14.7. The molecule has 9 heteroatoms. The van der Waals surface area contributed by atoms with Crippen molar-refractivity contribution in [1.82, 2.24) is 9.45 Å². The van der Waals surface area contributed by atoms with Crippen molar-refractivity contribution in [3.05, 3.63) is 72.9 Å². The molecule has 0 aliphatic carbocycles. The number of aromatic nitrogens is 1. The molecule has 0 spiro atoms. The molecular weight excluding hydrogens is 370 g/mol. The number of carbonyl (C=O) groups is 2. The average Bonchev–Trinajstić information content (AvgIpc) is 3.10. The van der Waals surface area contributed by atoms with E-state index < -0.39 is 21.8 Å². The van der Waals surface area contributed by atoms with Gasteiger partial charge in [-0.1, -0.05) is 18.2 Å².